The standard InChI is InChI=1S/C17H17NO5S2/c1-12(24-13-5-3-2-4-6-13)17(19)18-25(20,21)14-7-8-15-16(11-14)23-10-9-22-15/h2-8,11-12H,9-10H2,1H3,(H,18,19). The molecule has 0 fully saturated rings. The fourth-order valence-corrected chi connectivity index (χ4v) is 4.25. The van der Waals surface area contributed by atoms with Crippen molar-refractivity contribution in [3.05, 3.63) is 48.5 Å². The highest BCUT2D eigenvalue weighted by atomic mass is 32.2. The summed E-state index contributed by atoms with van der Waals surface area (Å²) < 4.78 is 37.8. The van der Waals surface area contributed by atoms with Gasteiger partial charge in [-0.1, -0.05) is 18.2 Å². The van der Waals surface area contributed by atoms with Crippen LogP contribution in [0.2, 0.25) is 0 Å². The minimum atomic E-state index is -3.98. The van der Waals surface area contributed by atoms with E-state index in [0.717, 1.165) is 4.90 Å². The zero-order chi connectivity index (χ0) is 17.9. The van der Waals surface area contributed by atoms with Gasteiger partial charge in [0.15, 0.2) is 11.5 Å². The molecular weight excluding hydrogens is 362 g/mol. The van der Waals surface area contributed by atoms with Crippen molar-refractivity contribution < 1.29 is 22.7 Å². The molecule has 2 aromatic carbocycles. The first-order chi connectivity index (χ1) is 12.0. The highest BCUT2D eigenvalue weighted by Gasteiger charge is 2.24. The maximum atomic E-state index is 12.4. The second kappa shape index (κ2) is 7.37. The summed E-state index contributed by atoms with van der Waals surface area (Å²) in [6, 6.07) is 13.6. The summed E-state index contributed by atoms with van der Waals surface area (Å²) in [4.78, 5) is 13.1. The maximum Gasteiger partial charge on any atom is 0.264 e. The number of hydrogen-bond donors (Lipinski definition) is 1. The Kier molecular flexibility index (Phi) is 5.19. The van der Waals surface area contributed by atoms with Gasteiger partial charge in [-0.25, -0.2) is 13.1 Å². The zero-order valence-corrected chi connectivity index (χ0v) is 15.1. The summed E-state index contributed by atoms with van der Waals surface area (Å²) in [6.07, 6.45) is 0. The van der Waals surface area contributed by atoms with Gasteiger partial charge in [-0.15, -0.1) is 11.8 Å². The molecule has 0 aromatic heterocycles. The van der Waals surface area contributed by atoms with Gasteiger partial charge in [0.1, 0.15) is 13.2 Å². The first-order valence-corrected chi connectivity index (χ1v) is 10.00. The average molecular weight is 379 g/mol. The number of benzene rings is 2. The van der Waals surface area contributed by atoms with Crippen LogP contribution < -0.4 is 14.2 Å². The van der Waals surface area contributed by atoms with Gasteiger partial charge in [-0.2, -0.15) is 0 Å². The van der Waals surface area contributed by atoms with Crippen LogP contribution in [0, 0.1) is 0 Å². The van der Waals surface area contributed by atoms with Crippen LogP contribution in [0.15, 0.2) is 58.3 Å². The van der Waals surface area contributed by atoms with Crippen LogP contribution in [-0.2, 0) is 14.8 Å². The number of thioether (sulfide) groups is 1. The first kappa shape index (κ1) is 17.6. The van der Waals surface area contributed by atoms with E-state index in [1.807, 2.05) is 30.3 Å². The predicted molar refractivity (Wildman–Crippen MR) is 94.5 cm³/mol. The Morgan fingerprint density at radius 3 is 2.48 bits per heavy atom. The highest BCUT2D eigenvalue weighted by Crippen LogP contribution is 2.32. The fraction of sp³-hybridized carbons (Fsp3) is 0.235. The van der Waals surface area contributed by atoms with Gasteiger partial charge in [0.2, 0.25) is 5.91 Å². The van der Waals surface area contributed by atoms with Crippen molar-refractivity contribution in [1.29, 1.82) is 0 Å². The third-order valence-corrected chi connectivity index (χ3v) is 5.94. The number of amides is 1. The molecule has 0 radical (unpaired) electrons. The van der Waals surface area contributed by atoms with Crippen LogP contribution in [0.5, 0.6) is 11.5 Å². The third-order valence-electron chi connectivity index (χ3n) is 3.48. The molecule has 1 atom stereocenters. The van der Waals surface area contributed by atoms with E-state index in [-0.39, 0.29) is 4.90 Å². The summed E-state index contributed by atoms with van der Waals surface area (Å²) in [6.45, 7) is 2.43. The lowest BCUT2D eigenvalue weighted by molar-refractivity contribution is -0.118. The predicted octanol–water partition coefficient (Wildman–Crippen LogP) is 2.44. The molecule has 6 nitrogen and oxygen atoms in total. The van der Waals surface area contributed by atoms with Crippen molar-refractivity contribution in [2.45, 2.75) is 22.0 Å². The zero-order valence-electron chi connectivity index (χ0n) is 13.5. The minimum Gasteiger partial charge on any atom is -0.486 e. The maximum absolute atomic E-state index is 12.4. The van der Waals surface area contributed by atoms with Gasteiger partial charge >= 0.3 is 0 Å². The van der Waals surface area contributed by atoms with E-state index in [2.05, 4.69) is 4.72 Å². The molecule has 0 spiro atoms. The summed E-state index contributed by atoms with van der Waals surface area (Å²) in [5.74, 6) is 0.265. The van der Waals surface area contributed by atoms with E-state index in [9.17, 15) is 13.2 Å². The number of nitrogens with one attached hydrogen (secondary N) is 1. The molecule has 1 unspecified atom stereocenters. The van der Waals surface area contributed by atoms with E-state index in [1.165, 1.54) is 30.0 Å². The summed E-state index contributed by atoms with van der Waals surface area (Å²) in [5.41, 5.74) is 0. The van der Waals surface area contributed by atoms with Crippen molar-refractivity contribution in [3.8, 4) is 11.5 Å². The van der Waals surface area contributed by atoms with Crippen molar-refractivity contribution in [2.75, 3.05) is 13.2 Å². The molecule has 1 heterocycles. The summed E-state index contributed by atoms with van der Waals surface area (Å²) in [7, 11) is -3.98. The quantitative estimate of drug-likeness (QED) is 0.804. The van der Waals surface area contributed by atoms with Gasteiger partial charge < -0.3 is 9.47 Å². The van der Waals surface area contributed by atoms with Gasteiger partial charge in [-0.05, 0) is 31.2 Å². The number of sulfonamides is 1. The largest absolute Gasteiger partial charge is 0.486 e. The second-order valence-corrected chi connectivity index (χ2v) is 8.44. The molecule has 8 heteroatoms. The Morgan fingerprint density at radius 1 is 1.08 bits per heavy atom. The monoisotopic (exact) mass is 379 g/mol. The van der Waals surface area contributed by atoms with Crippen molar-refractivity contribution in [2.24, 2.45) is 0 Å². The molecule has 2 aromatic rings. The van der Waals surface area contributed by atoms with Gasteiger partial charge in [0.25, 0.3) is 10.0 Å². The third kappa shape index (κ3) is 4.26. The van der Waals surface area contributed by atoms with Crippen molar-refractivity contribution >= 4 is 27.7 Å². The Morgan fingerprint density at radius 2 is 1.76 bits per heavy atom. The molecule has 0 saturated heterocycles. The smallest absolute Gasteiger partial charge is 0.264 e. The fourth-order valence-electron chi connectivity index (χ4n) is 2.22. The highest BCUT2D eigenvalue weighted by molar-refractivity contribution is 8.00. The molecule has 25 heavy (non-hydrogen) atoms. The molecule has 1 aliphatic rings. The van der Waals surface area contributed by atoms with E-state index in [0.29, 0.717) is 24.7 Å². The lowest BCUT2D eigenvalue weighted by Gasteiger charge is -2.19. The van der Waals surface area contributed by atoms with Crippen LogP contribution in [0.1, 0.15) is 6.92 Å². The lowest BCUT2D eigenvalue weighted by Crippen LogP contribution is -2.36. The second-order valence-electron chi connectivity index (χ2n) is 5.35. The molecule has 1 N–H and O–H groups in total. The summed E-state index contributed by atoms with van der Waals surface area (Å²) >= 11 is 1.29. The Labute approximate surface area is 150 Å². The number of carbonyl (C=O) groups is 1. The van der Waals surface area contributed by atoms with E-state index in [1.54, 1.807) is 6.92 Å². The molecule has 0 saturated carbocycles. The molecule has 0 aliphatic carbocycles. The van der Waals surface area contributed by atoms with E-state index >= 15 is 0 Å². The van der Waals surface area contributed by atoms with Gasteiger partial charge in [0.05, 0.1) is 10.1 Å². The average Bonchev–Trinajstić information content (AvgIpc) is 2.61. The topological polar surface area (TPSA) is 81.7 Å². The van der Waals surface area contributed by atoms with Crippen LogP contribution in [0.25, 0.3) is 0 Å². The summed E-state index contributed by atoms with van der Waals surface area (Å²) in [5, 5.41) is -0.561. The normalized spacial score (nSPS) is 14.6. The first-order valence-electron chi connectivity index (χ1n) is 7.64. The molecule has 3 rings (SSSR count). The Bertz CT molecular complexity index is 868. The van der Waals surface area contributed by atoms with E-state index < -0.39 is 21.2 Å². The van der Waals surface area contributed by atoms with Crippen LogP contribution >= 0.6 is 11.8 Å². The van der Waals surface area contributed by atoms with E-state index in [4.69, 9.17) is 9.47 Å². The molecule has 1 amide bonds. The number of fused-ring (bicyclic) bond motifs is 1. The number of hydrogen-bond acceptors (Lipinski definition) is 6. The van der Waals surface area contributed by atoms with Crippen molar-refractivity contribution in [1.82, 2.24) is 4.72 Å². The molecular formula is C17H17NO5S2. The number of ether oxygens (including phenoxy) is 2. The Balaban J connectivity index is 1.71. The van der Waals surface area contributed by atoms with Crippen LogP contribution in [0.3, 0.4) is 0 Å². The molecule has 0 bridgehead atoms. The van der Waals surface area contributed by atoms with Crippen LogP contribution in [-0.4, -0.2) is 32.8 Å². The molecule has 1 aliphatic heterocycles. The molecule has 132 valence electrons. The van der Waals surface area contributed by atoms with Crippen LogP contribution in [0.4, 0.5) is 0 Å². The number of carbonyl (C=O) groups excluding carboxylic acids is 1. The lowest BCUT2D eigenvalue weighted by atomic mass is 10.3. The Hall–Kier alpha value is -2.19. The van der Waals surface area contributed by atoms with Crippen molar-refractivity contribution in [3.63, 3.8) is 0 Å². The number of rotatable bonds is 5. The van der Waals surface area contributed by atoms with Gasteiger partial charge in [0, 0.05) is 11.0 Å². The SMILES string of the molecule is CC(Sc1ccccc1)C(=O)NS(=O)(=O)c1ccc2c(c1)OCCO2. The minimum absolute atomic E-state index is 0.0398. The van der Waals surface area contributed by atoms with Gasteiger partial charge in [-0.3, -0.25) is 4.79 Å².